The molecule has 1 aromatic heterocycles. The summed E-state index contributed by atoms with van der Waals surface area (Å²) in [6.07, 6.45) is 4.81. The van der Waals surface area contributed by atoms with Gasteiger partial charge in [-0.2, -0.15) is 15.0 Å². The van der Waals surface area contributed by atoms with Gasteiger partial charge in [0.25, 0.3) is 0 Å². The van der Waals surface area contributed by atoms with Crippen LogP contribution >= 0.6 is 11.6 Å². The molecular weight excluding hydrogens is 242 g/mol. The van der Waals surface area contributed by atoms with Crippen molar-refractivity contribution in [1.82, 2.24) is 15.0 Å². The molecule has 1 aliphatic rings. The zero-order valence-corrected chi connectivity index (χ0v) is 10.3. The first-order valence-corrected chi connectivity index (χ1v) is 6.14. The third kappa shape index (κ3) is 3.98. The second-order valence-electron chi connectivity index (χ2n) is 3.99. The second kappa shape index (κ2) is 5.97. The zero-order chi connectivity index (χ0) is 12.1. The Morgan fingerprint density at radius 1 is 1.35 bits per heavy atom. The lowest BCUT2D eigenvalue weighted by molar-refractivity contribution is 0.0134. The number of nitrogens with zero attached hydrogens (tertiary/aromatic N) is 3. The van der Waals surface area contributed by atoms with E-state index >= 15 is 0 Å². The first-order chi connectivity index (χ1) is 8.24. The van der Waals surface area contributed by atoms with Crippen LogP contribution in [0.4, 0.5) is 11.9 Å². The summed E-state index contributed by atoms with van der Waals surface area (Å²) in [5.74, 6) is 0.541. The van der Waals surface area contributed by atoms with E-state index in [1.165, 1.54) is 12.8 Å². The molecule has 0 radical (unpaired) electrons. The largest absolute Gasteiger partial charge is 0.378 e. The van der Waals surface area contributed by atoms with E-state index in [1.807, 2.05) is 0 Å². The fourth-order valence-electron chi connectivity index (χ4n) is 1.82. The molecular formula is C10H16ClN5O. The van der Waals surface area contributed by atoms with Gasteiger partial charge in [0.2, 0.25) is 17.2 Å². The predicted octanol–water partition coefficient (Wildman–Crippen LogP) is 1.48. The fraction of sp³-hybridized carbons (Fsp3) is 0.700. The number of anilines is 2. The molecule has 1 fully saturated rings. The molecule has 3 N–H and O–H groups in total. The Bertz CT molecular complexity index is 349. The molecule has 17 heavy (non-hydrogen) atoms. The van der Waals surface area contributed by atoms with Crippen molar-refractivity contribution >= 4 is 23.5 Å². The third-order valence-corrected chi connectivity index (χ3v) is 2.82. The molecule has 1 unspecified atom stereocenters. The van der Waals surface area contributed by atoms with Crippen LogP contribution in [-0.2, 0) is 4.74 Å². The predicted molar refractivity (Wildman–Crippen MR) is 65.9 cm³/mol. The fourth-order valence-corrected chi connectivity index (χ4v) is 1.99. The van der Waals surface area contributed by atoms with E-state index in [1.54, 1.807) is 0 Å². The highest BCUT2D eigenvalue weighted by molar-refractivity contribution is 6.28. The number of nitrogen functional groups attached to an aromatic ring is 1. The smallest absolute Gasteiger partial charge is 0.228 e. The molecule has 1 atom stereocenters. The SMILES string of the molecule is Nc1nc(Cl)nc(NCCC2CCCCO2)n1. The molecule has 1 aliphatic heterocycles. The highest BCUT2D eigenvalue weighted by Crippen LogP contribution is 2.15. The van der Waals surface area contributed by atoms with E-state index in [0.717, 1.165) is 26.0 Å². The van der Waals surface area contributed by atoms with Gasteiger partial charge in [-0.3, -0.25) is 0 Å². The number of rotatable bonds is 4. The molecule has 0 bridgehead atoms. The normalized spacial score (nSPS) is 20.2. The number of ether oxygens (including phenoxy) is 1. The monoisotopic (exact) mass is 257 g/mol. The summed E-state index contributed by atoms with van der Waals surface area (Å²) in [5.41, 5.74) is 5.46. The molecule has 0 amide bonds. The van der Waals surface area contributed by atoms with Crippen LogP contribution in [0.25, 0.3) is 0 Å². The molecule has 2 heterocycles. The zero-order valence-electron chi connectivity index (χ0n) is 9.53. The lowest BCUT2D eigenvalue weighted by atomic mass is 10.1. The minimum absolute atomic E-state index is 0.105. The van der Waals surface area contributed by atoms with E-state index < -0.39 is 0 Å². The average Bonchev–Trinajstić information content (AvgIpc) is 2.29. The van der Waals surface area contributed by atoms with Gasteiger partial charge >= 0.3 is 0 Å². The molecule has 0 aliphatic carbocycles. The van der Waals surface area contributed by atoms with Crippen molar-refractivity contribution in [2.75, 3.05) is 24.2 Å². The summed E-state index contributed by atoms with van der Waals surface area (Å²) >= 11 is 5.67. The van der Waals surface area contributed by atoms with Gasteiger partial charge in [0.1, 0.15) is 0 Å². The van der Waals surface area contributed by atoms with Crippen LogP contribution in [-0.4, -0.2) is 34.2 Å². The van der Waals surface area contributed by atoms with Crippen LogP contribution in [0, 0.1) is 0 Å². The Kier molecular flexibility index (Phi) is 4.33. The Morgan fingerprint density at radius 2 is 2.24 bits per heavy atom. The van der Waals surface area contributed by atoms with E-state index in [4.69, 9.17) is 22.1 Å². The lowest BCUT2D eigenvalue weighted by Gasteiger charge is -2.22. The van der Waals surface area contributed by atoms with Crippen molar-refractivity contribution in [3.63, 3.8) is 0 Å². The minimum Gasteiger partial charge on any atom is -0.378 e. The summed E-state index contributed by atoms with van der Waals surface area (Å²) < 4.78 is 5.62. The summed E-state index contributed by atoms with van der Waals surface area (Å²) in [7, 11) is 0. The van der Waals surface area contributed by atoms with Gasteiger partial charge in [-0.25, -0.2) is 0 Å². The maximum Gasteiger partial charge on any atom is 0.228 e. The van der Waals surface area contributed by atoms with Gasteiger partial charge in [0.15, 0.2) is 0 Å². The first kappa shape index (κ1) is 12.3. The van der Waals surface area contributed by atoms with Crippen LogP contribution < -0.4 is 11.1 Å². The van der Waals surface area contributed by atoms with Crippen molar-refractivity contribution in [2.24, 2.45) is 0 Å². The quantitative estimate of drug-likeness (QED) is 0.850. The lowest BCUT2D eigenvalue weighted by Crippen LogP contribution is -2.22. The van der Waals surface area contributed by atoms with Crippen LogP contribution in [0.3, 0.4) is 0 Å². The number of aromatic nitrogens is 3. The van der Waals surface area contributed by atoms with Gasteiger partial charge in [0, 0.05) is 13.2 Å². The average molecular weight is 258 g/mol. The van der Waals surface area contributed by atoms with E-state index in [-0.39, 0.29) is 11.2 Å². The summed E-state index contributed by atoms with van der Waals surface area (Å²) in [6, 6.07) is 0. The van der Waals surface area contributed by atoms with Gasteiger partial charge in [-0.05, 0) is 37.3 Å². The number of hydrogen-bond acceptors (Lipinski definition) is 6. The molecule has 6 nitrogen and oxygen atoms in total. The molecule has 0 spiro atoms. The van der Waals surface area contributed by atoms with E-state index in [0.29, 0.717) is 12.1 Å². The van der Waals surface area contributed by atoms with Gasteiger partial charge in [0.05, 0.1) is 6.10 Å². The van der Waals surface area contributed by atoms with Crippen LogP contribution in [0.2, 0.25) is 5.28 Å². The number of halogens is 1. The molecule has 1 saturated heterocycles. The van der Waals surface area contributed by atoms with Crippen LogP contribution in [0.5, 0.6) is 0 Å². The highest BCUT2D eigenvalue weighted by Gasteiger charge is 2.13. The summed E-state index contributed by atoms with van der Waals surface area (Å²) in [4.78, 5) is 11.6. The molecule has 2 rings (SSSR count). The Labute approximate surface area is 105 Å². The maximum atomic E-state index is 5.67. The standard InChI is InChI=1S/C10H16ClN5O/c11-8-14-9(12)16-10(15-8)13-5-4-7-3-1-2-6-17-7/h7H,1-6H2,(H3,12,13,14,15,16). The summed E-state index contributed by atoms with van der Waals surface area (Å²) in [6.45, 7) is 1.61. The van der Waals surface area contributed by atoms with Crippen molar-refractivity contribution in [2.45, 2.75) is 31.8 Å². The summed E-state index contributed by atoms with van der Waals surface area (Å²) in [5, 5.41) is 3.17. The van der Waals surface area contributed by atoms with Crippen molar-refractivity contribution in [1.29, 1.82) is 0 Å². The highest BCUT2D eigenvalue weighted by atomic mass is 35.5. The first-order valence-electron chi connectivity index (χ1n) is 5.76. The Morgan fingerprint density at radius 3 is 2.94 bits per heavy atom. The van der Waals surface area contributed by atoms with Crippen molar-refractivity contribution in [3.8, 4) is 0 Å². The van der Waals surface area contributed by atoms with Crippen LogP contribution in [0.1, 0.15) is 25.7 Å². The number of nitrogens with two attached hydrogens (primary N) is 1. The maximum absolute atomic E-state index is 5.67. The molecule has 0 aromatic carbocycles. The Hall–Kier alpha value is -1.14. The van der Waals surface area contributed by atoms with Crippen LogP contribution in [0.15, 0.2) is 0 Å². The number of nitrogens with one attached hydrogen (secondary N) is 1. The van der Waals surface area contributed by atoms with Crippen molar-refractivity contribution in [3.05, 3.63) is 5.28 Å². The van der Waals surface area contributed by atoms with Gasteiger partial charge in [-0.1, -0.05) is 0 Å². The topological polar surface area (TPSA) is 86.0 Å². The molecule has 94 valence electrons. The Balaban J connectivity index is 1.77. The van der Waals surface area contributed by atoms with E-state index in [2.05, 4.69) is 20.3 Å². The minimum atomic E-state index is 0.105. The van der Waals surface area contributed by atoms with E-state index in [9.17, 15) is 0 Å². The second-order valence-corrected chi connectivity index (χ2v) is 4.33. The van der Waals surface area contributed by atoms with Crippen molar-refractivity contribution < 1.29 is 4.74 Å². The van der Waals surface area contributed by atoms with Gasteiger partial charge in [-0.15, -0.1) is 0 Å². The van der Waals surface area contributed by atoms with Gasteiger partial charge < -0.3 is 15.8 Å². The molecule has 1 aromatic rings. The molecule has 0 saturated carbocycles. The molecule has 7 heteroatoms. The number of hydrogen-bond donors (Lipinski definition) is 2. The third-order valence-electron chi connectivity index (χ3n) is 2.65.